The van der Waals surface area contributed by atoms with E-state index >= 15 is 0 Å². The molecule has 33 heavy (non-hydrogen) atoms. The zero-order valence-electron chi connectivity index (χ0n) is 18.5. The maximum absolute atomic E-state index is 13.0. The molecule has 1 aromatic rings. The lowest BCUT2D eigenvalue weighted by atomic mass is 9.98. The number of thiol groups is 2. The van der Waals surface area contributed by atoms with Crippen LogP contribution in [0.2, 0.25) is 0 Å². The van der Waals surface area contributed by atoms with Gasteiger partial charge in [0.15, 0.2) is 0 Å². The molecule has 0 radical (unpaired) electrons. The molecule has 0 fully saturated rings. The average Bonchev–Trinajstić information content (AvgIpc) is 2.79. The topological polar surface area (TPSA) is 171 Å². The molecule has 0 saturated heterocycles. The Labute approximate surface area is 203 Å². The van der Waals surface area contributed by atoms with E-state index in [2.05, 4.69) is 41.2 Å². The summed E-state index contributed by atoms with van der Waals surface area (Å²) in [7, 11) is 0. The third-order valence-electron chi connectivity index (χ3n) is 5.13. The van der Waals surface area contributed by atoms with Crippen LogP contribution in [-0.4, -0.2) is 69.6 Å². The molecule has 0 aliphatic rings. The predicted octanol–water partition coefficient (Wildman–Crippen LogP) is -0.293. The molecule has 7 N–H and O–H groups in total. The number of benzene rings is 1. The highest BCUT2D eigenvalue weighted by atomic mass is 32.1. The number of hydrogen-bond acceptors (Lipinski definition) is 8. The number of aliphatic carboxylic acids is 1. The highest BCUT2D eigenvalue weighted by molar-refractivity contribution is 7.80. The Morgan fingerprint density at radius 3 is 1.97 bits per heavy atom. The summed E-state index contributed by atoms with van der Waals surface area (Å²) in [6.45, 7) is 3.50. The third-order valence-corrected chi connectivity index (χ3v) is 5.89. The molecule has 5 atom stereocenters. The van der Waals surface area contributed by atoms with Gasteiger partial charge in [-0.15, -0.1) is 0 Å². The number of carboxylic acids is 1. The van der Waals surface area contributed by atoms with Gasteiger partial charge in [-0.3, -0.25) is 14.4 Å². The first kappa shape index (κ1) is 28.6. The van der Waals surface area contributed by atoms with Crippen LogP contribution < -0.4 is 21.7 Å². The Morgan fingerprint density at radius 1 is 0.939 bits per heavy atom. The largest absolute Gasteiger partial charge is 0.508 e. The van der Waals surface area contributed by atoms with Gasteiger partial charge in [0.2, 0.25) is 17.7 Å². The number of rotatable bonds is 13. The van der Waals surface area contributed by atoms with E-state index in [4.69, 9.17) is 5.73 Å². The van der Waals surface area contributed by atoms with E-state index in [1.807, 2.05) is 0 Å². The minimum Gasteiger partial charge on any atom is -0.508 e. The van der Waals surface area contributed by atoms with Gasteiger partial charge in [-0.25, -0.2) is 4.79 Å². The fourth-order valence-electron chi connectivity index (χ4n) is 2.84. The van der Waals surface area contributed by atoms with Crippen molar-refractivity contribution in [2.75, 3.05) is 11.5 Å². The van der Waals surface area contributed by atoms with E-state index in [0.717, 1.165) is 0 Å². The van der Waals surface area contributed by atoms with Gasteiger partial charge in [0.25, 0.3) is 0 Å². The Bertz CT molecular complexity index is 823. The number of aromatic hydroxyl groups is 1. The summed E-state index contributed by atoms with van der Waals surface area (Å²) in [6, 6.07) is 1.73. The summed E-state index contributed by atoms with van der Waals surface area (Å²) < 4.78 is 0. The number of amides is 3. The van der Waals surface area contributed by atoms with Crippen LogP contribution in [0.25, 0.3) is 0 Å². The summed E-state index contributed by atoms with van der Waals surface area (Å²) in [5.41, 5.74) is 6.24. The third kappa shape index (κ3) is 9.14. The SMILES string of the molecule is CCC(C)C(NC(=O)C(Cc1ccc(O)cc1)NC(=O)C(CS)NC(=O)C(N)CS)C(=O)O. The van der Waals surface area contributed by atoms with E-state index in [9.17, 15) is 29.4 Å². The van der Waals surface area contributed by atoms with Crippen LogP contribution in [0.1, 0.15) is 25.8 Å². The van der Waals surface area contributed by atoms with Crippen LogP contribution in [0.4, 0.5) is 0 Å². The van der Waals surface area contributed by atoms with Gasteiger partial charge in [-0.1, -0.05) is 32.4 Å². The van der Waals surface area contributed by atoms with Gasteiger partial charge in [0.1, 0.15) is 23.9 Å². The maximum Gasteiger partial charge on any atom is 0.326 e. The molecule has 5 unspecified atom stereocenters. The van der Waals surface area contributed by atoms with Crippen LogP contribution in [0.5, 0.6) is 5.75 Å². The molecule has 0 aliphatic heterocycles. The summed E-state index contributed by atoms with van der Waals surface area (Å²) in [5, 5.41) is 26.5. The first-order chi connectivity index (χ1) is 15.5. The van der Waals surface area contributed by atoms with Crippen molar-refractivity contribution >= 4 is 48.9 Å². The van der Waals surface area contributed by atoms with Gasteiger partial charge in [-0.2, -0.15) is 25.3 Å². The zero-order chi connectivity index (χ0) is 25.1. The number of phenolic OH excluding ortho intramolecular Hbond substituents is 1. The fourth-order valence-corrected chi connectivity index (χ4v) is 3.26. The highest BCUT2D eigenvalue weighted by Crippen LogP contribution is 2.13. The van der Waals surface area contributed by atoms with Crippen molar-refractivity contribution in [2.45, 2.75) is 50.9 Å². The molecular formula is C21H32N4O6S2. The zero-order valence-corrected chi connectivity index (χ0v) is 20.3. The first-order valence-corrected chi connectivity index (χ1v) is 11.7. The lowest BCUT2D eigenvalue weighted by Gasteiger charge is -2.26. The summed E-state index contributed by atoms with van der Waals surface area (Å²) in [5.74, 6) is -3.46. The lowest BCUT2D eigenvalue weighted by Crippen LogP contribution is -2.58. The Morgan fingerprint density at radius 2 is 1.48 bits per heavy atom. The van der Waals surface area contributed by atoms with E-state index in [-0.39, 0.29) is 29.6 Å². The standard InChI is InChI=1S/C21H32N4O6S2/c1-3-11(2)17(21(30)31)25-19(28)15(8-12-4-6-13(26)7-5-12)23-20(29)16(10-33)24-18(27)14(22)9-32/h4-7,11,14-17,26,32-33H,3,8-10,22H2,1-2H3,(H,23,29)(H,24,27)(H,25,28)(H,30,31). The Balaban J connectivity index is 3.08. The maximum atomic E-state index is 13.0. The number of carboxylic acid groups (broad SMARTS) is 1. The van der Waals surface area contributed by atoms with Gasteiger partial charge >= 0.3 is 5.97 Å². The summed E-state index contributed by atoms with van der Waals surface area (Å²) in [6.07, 6.45) is 0.541. The molecule has 0 spiro atoms. The Kier molecular flexibility index (Phi) is 12.1. The molecule has 12 heteroatoms. The summed E-state index contributed by atoms with van der Waals surface area (Å²) in [4.78, 5) is 49.5. The Hall–Kier alpha value is -2.44. The van der Waals surface area contributed by atoms with E-state index < -0.39 is 47.9 Å². The second kappa shape index (κ2) is 14.0. The van der Waals surface area contributed by atoms with Crippen molar-refractivity contribution in [3.8, 4) is 5.75 Å². The minimum atomic E-state index is -1.19. The molecule has 0 aromatic heterocycles. The number of carbonyl (C=O) groups is 4. The average molecular weight is 501 g/mol. The van der Waals surface area contributed by atoms with Gasteiger partial charge in [-0.05, 0) is 23.6 Å². The number of carbonyl (C=O) groups excluding carboxylic acids is 3. The highest BCUT2D eigenvalue weighted by Gasteiger charge is 2.31. The molecule has 1 aromatic carbocycles. The van der Waals surface area contributed by atoms with Crippen molar-refractivity contribution in [3.05, 3.63) is 29.8 Å². The van der Waals surface area contributed by atoms with Crippen LogP contribution in [0.3, 0.4) is 0 Å². The quantitative estimate of drug-likeness (QED) is 0.172. The smallest absolute Gasteiger partial charge is 0.326 e. The van der Waals surface area contributed by atoms with Crippen molar-refractivity contribution in [1.82, 2.24) is 16.0 Å². The monoisotopic (exact) mass is 500 g/mol. The second-order valence-electron chi connectivity index (χ2n) is 7.67. The fraction of sp³-hybridized carbons (Fsp3) is 0.524. The van der Waals surface area contributed by atoms with E-state index in [1.165, 1.54) is 12.1 Å². The predicted molar refractivity (Wildman–Crippen MR) is 130 cm³/mol. The number of phenols is 1. The molecular weight excluding hydrogens is 468 g/mol. The molecule has 0 saturated carbocycles. The second-order valence-corrected chi connectivity index (χ2v) is 8.40. The molecule has 0 bridgehead atoms. The minimum absolute atomic E-state index is 0.0219. The molecule has 1 rings (SSSR count). The van der Waals surface area contributed by atoms with E-state index in [1.54, 1.807) is 26.0 Å². The van der Waals surface area contributed by atoms with Crippen molar-refractivity contribution in [3.63, 3.8) is 0 Å². The number of nitrogens with one attached hydrogen (secondary N) is 3. The van der Waals surface area contributed by atoms with Crippen LogP contribution in [0.15, 0.2) is 24.3 Å². The molecule has 10 nitrogen and oxygen atoms in total. The normalized spacial score (nSPS) is 15.4. The number of hydrogen-bond donors (Lipinski definition) is 8. The molecule has 0 heterocycles. The van der Waals surface area contributed by atoms with Gasteiger partial charge < -0.3 is 31.9 Å². The molecule has 3 amide bonds. The summed E-state index contributed by atoms with van der Waals surface area (Å²) >= 11 is 8.04. The lowest BCUT2D eigenvalue weighted by molar-refractivity contribution is -0.143. The van der Waals surface area contributed by atoms with Crippen LogP contribution in [-0.2, 0) is 25.6 Å². The molecule has 184 valence electrons. The molecule has 0 aliphatic carbocycles. The van der Waals surface area contributed by atoms with Crippen LogP contribution >= 0.6 is 25.3 Å². The first-order valence-electron chi connectivity index (χ1n) is 10.4. The van der Waals surface area contributed by atoms with Gasteiger partial charge in [0, 0.05) is 17.9 Å². The number of nitrogens with two attached hydrogens (primary N) is 1. The van der Waals surface area contributed by atoms with Crippen molar-refractivity contribution in [1.29, 1.82) is 0 Å². The van der Waals surface area contributed by atoms with Crippen molar-refractivity contribution < 1.29 is 29.4 Å². The van der Waals surface area contributed by atoms with Crippen LogP contribution in [0, 0.1) is 5.92 Å². The van der Waals surface area contributed by atoms with Gasteiger partial charge in [0.05, 0.1) is 6.04 Å². The van der Waals surface area contributed by atoms with Crippen molar-refractivity contribution in [2.24, 2.45) is 11.7 Å². The van der Waals surface area contributed by atoms with E-state index in [0.29, 0.717) is 12.0 Å².